The maximum Gasteiger partial charge on any atom is 0.223 e. The Balaban J connectivity index is 1.52. The summed E-state index contributed by atoms with van der Waals surface area (Å²) in [6.45, 7) is 2.96. The van der Waals surface area contributed by atoms with Crippen LogP contribution < -0.4 is 5.32 Å². The highest BCUT2D eigenvalue weighted by molar-refractivity contribution is 5.86. The lowest BCUT2D eigenvalue weighted by molar-refractivity contribution is -0.126. The standard InChI is InChI=1S/C20H26N2O/c1-14-18(16-9-5-6-10-17(16)22-14)20(11-12-20)13-21-19(23)15-7-3-2-4-8-15/h5-6,9-10,15,22H,2-4,7-8,11-13H2,1H3,(H,21,23). The number of rotatable bonds is 4. The van der Waals surface area contributed by atoms with Crippen LogP contribution in [0.2, 0.25) is 0 Å². The van der Waals surface area contributed by atoms with Crippen molar-refractivity contribution in [2.45, 2.75) is 57.3 Å². The largest absolute Gasteiger partial charge is 0.358 e. The first-order valence-electron chi connectivity index (χ1n) is 9.05. The molecule has 2 aliphatic carbocycles. The fraction of sp³-hybridized carbons (Fsp3) is 0.550. The van der Waals surface area contributed by atoms with Gasteiger partial charge in [0.15, 0.2) is 0 Å². The van der Waals surface area contributed by atoms with E-state index in [9.17, 15) is 4.79 Å². The van der Waals surface area contributed by atoms with E-state index in [0.717, 1.165) is 19.4 Å². The molecule has 1 aromatic carbocycles. The van der Waals surface area contributed by atoms with Gasteiger partial charge in [0, 0.05) is 34.5 Å². The molecule has 2 saturated carbocycles. The number of carbonyl (C=O) groups excluding carboxylic acids is 1. The van der Waals surface area contributed by atoms with Gasteiger partial charge in [0.2, 0.25) is 5.91 Å². The molecule has 4 rings (SSSR count). The molecule has 3 nitrogen and oxygen atoms in total. The predicted molar refractivity (Wildman–Crippen MR) is 93.5 cm³/mol. The number of aromatic amines is 1. The molecule has 2 N–H and O–H groups in total. The van der Waals surface area contributed by atoms with Gasteiger partial charge in [-0.25, -0.2) is 0 Å². The smallest absolute Gasteiger partial charge is 0.223 e. The van der Waals surface area contributed by atoms with Crippen molar-refractivity contribution < 1.29 is 4.79 Å². The van der Waals surface area contributed by atoms with Crippen molar-refractivity contribution >= 4 is 16.8 Å². The number of H-pyrrole nitrogens is 1. The summed E-state index contributed by atoms with van der Waals surface area (Å²) in [4.78, 5) is 16.0. The average Bonchev–Trinajstić information content (AvgIpc) is 3.28. The molecule has 0 saturated heterocycles. The molecule has 1 aromatic heterocycles. The van der Waals surface area contributed by atoms with E-state index in [2.05, 4.69) is 41.5 Å². The van der Waals surface area contributed by atoms with E-state index in [-0.39, 0.29) is 17.2 Å². The molecule has 1 heterocycles. The predicted octanol–water partition coefficient (Wildman–Crippen LogP) is 4.20. The van der Waals surface area contributed by atoms with Crippen molar-refractivity contribution in [2.24, 2.45) is 5.92 Å². The van der Waals surface area contributed by atoms with Crippen molar-refractivity contribution in [1.82, 2.24) is 10.3 Å². The van der Waals surface area contributed by atoms with Crippen LogP contribution in [0.3, 0.4) is 0 Å². The van der Waals surface area contributed by atoms with E-state index in [1.54, 1.807) is 0 Å². The summed E-state index contributed by atoms with van der Waals surface area (Å²) in [7, 11) is 0. The molecule has 2 fully saturated rings. The summed E-state index contributed by atoms with van der Waals surface area (Å²) < 4.78 is 0. The van der Waals surface area contributed by atoms with Crippen molar-refractivity contribution in [2.75, 3.05) is 6.54 Å². The summed E-state index contributed by atoms with van der Waals surface area (Å²) in [5.41, 5.74) is 4.06. The average molecular weight is 310 g/mol. The van der Waals surface area contributed by atoms with E-state index in [1.165, 1.54) is 54.3 Å². The second-order valence-electron chi connectivity index (χ2n) is 7.50. The van der Waals surface area contributed by atoms with Gasteiger partial charge in [-0.3, -0.25) is 4.79 Å². The number of para-hydroxylation sites is 1. The number of hydrogen-bond acceptors (Lipinski definition) is 1. The fourth-order valence-electron chi connectivity index (χ4n) is 4.39. The van der Waals surface area contributed by atoms with Gasteiger partial charge >= 0.3 is 0 Å². The minimum atomic E-state index is 0.161. The van der Waals surface area contributed by atoms with Crippen LogP contribution in [0, 0.1) is 12.8 Å². The topological polar surface area (TPSA) is 44.9 Å². The van der Waals surface area contributed by atoms with Crippen LogP contribution in [0.15, 0.2) is 24.3 Å². The van der Waals surface area contributed by atoms with E-state index in [0.29, 0.717) is 0 Å². The number of fused-ring (bicyclic) bond motifs is 1. The Kier molecular flexibility index (Phi) is 3.67. The van der Waals surface area contributed by atoms with Gasteiger partial charge < -0.3 is 10.3 Å². The van der Waals surface area contributed by atoms with Crippen LogP contribution in [-0.4, -0.2) is 17.4 Å². The molecule has 122 valence electrons. The van der Waals surface area contributed by atoms with Gasteiger partial charge in [-0.05, 0) is 44.2 Å². The minimum Gasteiger partial charge on any atom is -0.358 e. The zero-order valence-corrected chi connectivity index (χ0v) is 14.0. The third-order valence-corrected chi connectivity index (χ3v) is 5.85. The highest BCUT2D eigenvalue weighted by Crippen LogP contribution is 2.51. The second-order valence-corrected chi connectivity index (χ2v) is 7.50. The van der Waals surface area contributed by atoms with E-state index in [4.69, 9.17) is 0 Å². The van der Waals surface area contributed by atoms with Gasteiger partial charge in [0.25, 0.3) is 0 Å². The number of nitrogens with one attached hydrogen (secondary N) is 2. The highest BCUT2D eigenvalue weighted by atomic mass is 16.1. The van der Waals surface area contributed by atoms with E-state index in [1.807, 2.05) is 0 Å². The molecule has 23 heavy (non-hydrogen) atoms. The molecule has 1 amide bonds. The Hall–Kier alpha value is -1.77. The quantitative estimate of drug-likeness (QED) is 0.873. The van der Waals surface area contributed by atoms with Crippen molar-refractivity contribution in [3.63, 3.8) is 0 Å². The lowest BCUT2D eigenvalue weighted by atomic mass is 9.88. The number of amides is 1. The van der Waals surface area contributed by atoms with Crippen LogP contribution in [0.4, 0.5) is 0 Å². The Morgan fingerprint density at radius 3 is 2.70 bits per heavy atom. The summed E-state index contributed by atoms with van der Waals surface area (Å²) in [5.74, 6) is 0.539. The molecule has 0 aliphatic heterocycles. The molecular formula is C20H26N2O. The Morgan fingerprint density at radius 1 is 1.22 bits per heavy atom. The zero-order chi connectivity index (χ0) is 15.9. The van der Waals surface area contributed by atoms with Crippen LogP contribution in [0.1, 0.15) is 56.2 Å². The van der Waals surface area contributed by atoms with Crippen LogP contribution >= 0.6 is 0 Å². The van der Waals surface area contributed by atoms with Crippen LogP contribution in [0.5, 0.6) is 0 Å². The van der Waals surface area contributed by atoms with Crippen LogP contribution in [-0.2, 0) is 10.2 Å². The number of carbonyl (C=O) groups is 1. The first-order chi connectivity index (χ1) is 11.2. The van der Waals surface area contributed by atoms with Crippen molar-refractivity contribution in [3.05, 3.63) is 35.5 Å². The third kappa shape index (κ3) is 2.66. The summed E-state index contributed by atoms with van der Waals surface area (Å²) in [6.07, 6.45) is 8.23. The molecule has 2 aromatic rings. The van der Waals surface area contributed by atoms with Gasteiger partial charge in [-0.1, -0.05) is 37.5 Å². The Morgan fingerprint density at radius 2 is 1.96 bits per heavy atom. The first-order valence-corrected chi connectivity index (χ1v) is 9.05. The summed E-state index contributed by atoms with van der Waals surface area (Å²) >= 11 is 0. The van der Waals surface area contributed by atoms with Gasteiger partial charge in [0.1, 0.15) is 0 Å². The van der Waals surface area contributed by atoms with Gasteiger partial charge in [-0.2, -0.15) is 0 Å². The molecule has 2 aliphatic rings. The SMILES string of the molecule is Cc1[nH]c2ccccc2c1C1(CNC(=O)C2CCCCC2)CC1. The number of hydrogen-bond donors (Lipinski definition) is 2. The first kappa shape index (κ1) is 14.8. The Bertz CT molecular complexity index is 720. The lowest BCUT2D eigenvalue weighted by Gasteiger charge is -2.23. The maximum absolute atomic E-state index is 12.5. The molecule has 0 atom stereocenters. The summed E-state index contributed by atoms with van der Waals surface area (Å²) in [5, 5.41) is 4.61. The molecule has 0 radical (unpaired) electrons. The van der Waals surface area contributed by atoms with Gasteiger partial charge in [-0.15, -0.1) is 0 Å². The molecule has 0 spiro atoms. The number of aryl methyl sites for hydroxylation is 1. The van der Waals surface area contributed by atoms with E-state index < -0.39 is 0 Å². The molecule has 3 heteroatoms. The molecule has 0 bridgehead atoms. The third-order valence-electron chi connectivity index (χ3n) is 5.85. The number of benzene rings is 1. The normalized spacial score (nSPS) is 20.6. The highest BCUT2D eigenvalue weighted by Gasteiger charge is 2.47. The molecule has 0 unspecified atom stereocenters. The number of aromatic nitrogens is 1. The molecular weight excluding hydrogens is 284 g/mol. The second kappa shape index (κ2) is 5.70. The minimum absolute atomic E-state index is 0.161. The zero-order valence-electron chi connectivity index (χ0n) is 14.0. The van der Waals surface area contributed by atoms with Crippen LogP contribution in [0.25, 0.3) is 10.9 Å². The fourth-order valence-corrected chi connectivity index (χ4v) is 4.39. The van der Waals surface area contributed by atoms with Crippen molar-refractivity contribution in [1.29, 1.82) is 0 Å². The lowest BCUT2D eigenvalue weighted by Crippen LogP contribution is -2.37. The van der Waals surface area contributed by atoms with E-state index >= 15 is 0 Å². The van der Waals surface area contributed by atoms with Gasteiger partial charge in [0.05, 0.1) is 0 Å². The Labute approximate surface area is 137 Å². The summed E-state index contributed by atoms with van der Waals surface area (Å²) in [6, 6.07) is 8.53. The maximum atomic E-state index is 12.5. The van der Waals surface area contributed by atoms with Crippen molar-refractivity contribution in [3.8, 4) is 0 Å². The monoisotopic (exact) mass is 310 g/mol.